The molecule has 0 saturated carbocycles. The summed E-state index contributed by atoms with van der Waals surface area (Å²) in [5, 5.41) is 0. The summed E-state index contributed by atoms with van der Waals surface area (Å²) < 4.78 is 2.12. The summed E-state index contributed by atoms with van der Waals surface area (Å²) in [5.41, 5.74) is 4.30. The van der Waals surface area contributed by atoms with Gasteiger partial charge in [-0.15, -0.1) is 0 Å². The molecule has 0 bridgehead atoms. The van der Waals surface area contributed by atoms with Crippen LogP contribution in [0.2, 0.25) is 0 Å². The molecule has 0 N–H and O–H groups in total. The summed E-state index contributed by atoms with van der Waals surface area (Å²) in [6, 6.07) is 20.4. The first-order chi connectivity index (χ1) is 10.4. The number of fused-ring (bicyclic) bond motifs is 1. The summed E-state index contributed by atoms with van der Waals surface area (Å²) in [7, 11) is 0. The minimum Gasteiger partial charge on any atom is -0.299 e. The number of nitrogens with zero attached hydrogens (tertiary/aromatic N) is 3. The lowest BCUT2D eigenvalue weighted by atomic mass is 10.1. The zero-order valence-corrected chi connectivity index (χ0v) is 11.3. The van der Waals surface area contributed by atoms with Gasteiger partial charge in [-0.2, -0.15) is 0 Å². The van der Waals surface area contributed by atoms with Crippen molar-refractivity contribution >= 4 is 5.52 Å². The Balaban J connectivity index is 2.02. The van der Waals surface area contributed by atoms with Crippen molar-refractivity contribution in [3.63, 3.8) is 0 Å². The van der Waals surface area contributed by atoms with Gasteiger partial charge in [-0.1, -0.05) is 36.4 Å². The first kappa shape index (κ1) is 11.9. The normalized spacial score (nSPS) is 10.9. The summed E-state index contributed by atoms with van der Waals surface area (Å²) >= 11 is 0. The third-order valence-electron chi connectivity index (χ3n) is 3.53. The molecular formula is C18H13N3. The third kappa shape index (κ3) is 1.99. The van der Waals surface area contributed by atoms with Gasteiger partial charge in [-0.3, -0.25) is 9.38 Å². The van der Waals surface area contributed by atoms with Crippen LogP contribution in [-0.4, -0.2) is 14.4 Å². The highest BCUT2D eigenvalue weighted by Gasteiger charge is 2.13. The van der Waals surface area contributed by atoms with Crippen molar-refractivity contribution in [1.29, 1.82) is 0 Å². The largest absolute Gasteiger partial charge is 0.299 e. The van der Waals surface area contributed by atoms with Crippen LogP contribution in [0.15, 0.2) is 79.3 Å². The SMILES string of the molecule is c1ccc(-c2nc(-c3ccncc3)n3ccccc23)cc1. The Morgan fingerprint density at radius 1 is 0.714 bits per heavy atom. The molecule has 3 heterocycles. The zero-order valence-electron chi connectivity index (χ0n) is 11.3. The Morgan fingerprint density at radius 3 is 2.29 bits per heavy atom. The molecule has 0 amide bonds. The molecule has 0 saturated heterocycles. The van der Waals surface area contributed by atoms with Crippen LogP contribution in [0.1, 0.15) is 0 Å². The lowest BCUT2D eigenvalue weighted by molar-refractivity contribution is 1.16. The van der Waals surface area contributed by atoms with Gasteiger partial charge >= 0.3 is 0 Å². The first-order valence-electron chi connectivity index (χ1n) is 6.86. The number of pyridine rings is 2. The van der Waals surface area contributed by atoms with Gasteiger partial charge in [0.15, 0.2) is 0 Å². The van der Waals surface area contributed by atoms with Crippen molar-refractivity contribution in [3.8, 4) is 22.6 Å². The van der Waals surface area contributed by atoms with E-state index in [4.69, 9.17) is 4.98 Å². The molecule has 1 aromatic carbocycles. The molecule has 3 aromatic heterocycles. The van der Waals surface area contributed by atoms with Crippen molar-refractivity contribution in [1.82, 2.24) is 14.4 Å². The van der Waals surface area contributed by atoms with E-state index in [1.54, 1.807) is 12.4 Å². The Kier molecular flexibility index (Phi) is 2.75. The molecule has 0 radical (unpaired) electrons. The van der Waals surface area contributed by atoms with E-state index in [2.05, 4.69) is 27.6 Å². The van der Waals surface area contributed by atoms with Gasteiger partial charge in [-0.05, 0) is 24.3 Å². The second-order valence-electron chi connectivity index (χ2n) is 4.84. The smallest absolute Gasteiger partial charge is 0.145 e. The summed E-state index contributed by atoms with van der Waals surface area (Å²) in [4.78, 5) is 8.94. The lowest BCUT2D eigenvalue weighted by Gasteiger charge is -1.99. The maximum absolute atomic E-state index is 4.86. The van der Waals surface area contributed by atoms with E-state index >= 15 is 0 Å². The Labute approximate surface area is 122 Å². The number of aromatic nitrogens is 3. The molecule has 0 fully saturated rings. The van der Waals surface area contributed by atoms with E-state index in [9.17, 15) is 0 Å². The fourth-order valence-corrected chi connectivity index (χ4v) is 2.55. The Morgan fingerprint density at radius 2 is 1.48 bits per heavy atom. The number of benzene rings is 1. The van der Waals surface area contributed by atoms with Crippen molar-refractivity contribution in [2.24, 2.45) is 0 Å². The molecule has 3 heteroatoms. The molecule has 0 aliphatic rings. The van der Waals surface area contributed by atoms with Crippen LogP contribution in [0, 0.1) is 0 Å². The average Bonchev–Trinajstić information content (AvgIpc) is 2.96. The minimum absolute atomic E-state index is 0.937. The molecule has 0 aliphatic carbocycles. The number of imidazole rings is 1. The van der Waals surface area contributed by atoms with Crippen molar-refractivity contribution < 1.29 is 0 Å². The van der Waals surface area contributed by atoms with Gasteiger partial charge in [0.25, 0.3) is 0 Å². The monoisotopic (exact) mass is 271 g/mol. The maximum Gasteiger partial charge on any atom is 0.145 e. The van der Waals surface area contributed by atoms with E-state index in [0.717, 1.165) is 28.2 Å². The van der Waals surface area contributed by atoms with E-state index in [1.165, 1.54) is 0 Å². The molecule has 0 aliphatic heterocycles. The minimum atomic E-state index is 0.937. The summed E-state index contributed by atoms with van der Waals surface area (Å²) in [6.45, 7) is 0. The number of hydrogen-bond acceptors (Lipinski definition) is 2. The van der Waals surface area contributed by atoms with Crippen LogP contribution in [0.25, 0.3) is 28.2 Å². The second kappa shape index (κ2) is 4.87. The van der Waals surface area contributed by atoms with Crippen LogP contribution in [0.5, 0.6) is 0 Å². The molecule has 4 aromatic rings. The van der Waals surface area contributed by atoms with Crippen LogP contribution in [-0.2, 0) is 0 Å². The number of hydrogen-bond donors (Lipinski definition) is 0. The van der Waals surface area contributed by atoms with E-state index in [1.807, 2.05) is 48.7 Å². The van der Waals surface area contributed by atoms with Crippen LogP contribution in [0.4, 0.5) is 0 Å². The van der Waals surface area contributed by atoms with Crippen LogP contribution in [0.3, 0.4) is 0 Å². The molecule has 0 spiro atoms. The standard InChI is InChI=1S/C18H13N3/c1-2-6-14(7-3-1)17-16-8-4-5-13-21(16)18(20-17)15-9-11-19-12-10-15/h1-13H. The maximum atomic E-state index is 4.86. The second-order valence-corrected chi connectivity index (χ2v) is 4.84. The molecule has 0 atom stereocenters. The summed E-state index contributed by atoms with van der Waals surface area (Å²) in [6.07, 6.45) is 5.63. The van der Waals surface area contributed by atoms with Crippen LogP contribution >= 0.6 is 0 Å². The average molecular weight is 271 g/mol. The van der Waals surface area contributed by atoms with Gasteiger partial charge < -0.3 is 0 Å². The van der Waals surface area contributed by atoms with E-state index in [-0.39, 0.29) is 0 Å². The predicted octanol–water partition coefficient (Wildman–Crippen LogP) is 4.06. The van der Waals surface area contributed by atoms with Crippen molar-refractivity contribution in [2.45, 2.75) is 0 Å². The molecule has 4 rings (SSSR count). The van der Waals surface area contributed by atoms with Crippen molar-refractivity contribution in [2.75, 3.05) is 0 Å². The lowest BCUT2D eigenvalue weighted by Crippen LogP contribution is -1.88. The van der Waals surface area contributed by atoms with Gasteiger partial charge in [0.05, 0.1) is 11.2 Å². The fraction of sp³-hybridized carbons (Fsp3) is 0. The highest BCUT2D eigenvalue weighted by atomic mass is 15.0. The van der Waals surface area contributed by atoms with E-state index in [0.29, 0.717) is 0 Å². The highest BCUT2D eigenvalue weighted by molar-refractivity contribution is 5.81. The zero-order chi connectivity index (χ0) is 14.1. The fourth-order valence-electron chi connectivity index (χ4n) is 2.55. The molecular weight excluding hydrogens is 258 g/mol. The van der Waals surface area contributed by atoms with Crippen LogP contribution < -0.4 is 0 Å². The third-order valence-corrected chi connectivity index (χ3v) is 3.53. The van der Waals surface area contributed by atoms with Gasteiger partial charge in [-0.25, -0.2) is 4.98 Å². The molecule has 100 valence electrons. The molecule has 21 heavy (non-hydrogen) atoms. The van der Waals surface area contributed by atoms with Gasteiger partial charge in [0, 0.05) is 29.7 Å². The highest BCUT2D eigenvalue weighted by Crippen LogP contribution is 2.28. The molecule has 3 nitrogen and oxygen atoms in total. The predicted molar refractivity (Wildman–Crippen MR) is 83.9 cm³/mol. The van der Waals surface area contributed by atoms with Gasteiger partial charge in [0.1, 0.15) is 5.82 Å². The van der Waals surface area contributed by atoms with E-state index < -0.39 is 0 Å². The first-order valence-corrected chi connectivity index (χ1v) is 6.86. The molecule has 0 unspecified atom stereocenters. The summed E-state index contributed by atoms with van der Waals surface area (Å²) in [5.74, 6) is 0.937. The Bertz CT molecular complexity index is 807. The number of rotatable bonds is 2. The topological polar surface area (TPSA) is 30.2 Å². The quantitative estimate of drug-likeness (QED) is 0.550. The van der Waals surface area contributed by atoms with Crippen molar-refractivity contribution in [3.05, 3.63) is 79.3 Å². The van der Waals surface area contributed by atoms with Gasteiger partial charge in [0.2, 0.25) is 0 Å². The Hall–Kier alpha value is -2.94.